The van der Waals surface area contributed by atoms with Crippen LogP contribution < -0.4 is 0 Å². The summed E-state index contributed by atoms with van der Waals surface area (Å²) in [5.41, 5.74) is 8.17. The van der Waals surface area contributed by atoms with Gasteiger partial charge in [0.05, 0.1) is 17.7 Å². The Hall–Kier alpha value is -0.740. The summed E-state index contributed by atoms with van der Waals surface area (Å²) in [7, 11) is 0. The lowest BCUT2D eigenvalue weighted by molar-refractivity contribution is 0.269. The highest BCUT2D eigenvalue weighted by Gasteiger charge is 2.12. The van der Waals surface area contributed by atoms with Crippen LogP contribution in [0, 0.1) is 0 Å². The molecule has 0 saturated heterocycles. The van der Waals surface area contributed by atoms with E-state index in [1.807, 2.05) is 0 Å². The molecule has 1 heterocycles. The molecule has 4 nitrogen and oxygen atoms in total. The van der Waals surface area contributed by atoms with Crippen molar-refractivity contribution in [2.24, 2.45) is 5.11 Å². The van der Waals surface area contributed by atoms with Gasteiger partial charge >= 0.3 is 0 Å². The summed E-state index contributed by atoms with van der Waals surface area (Å²) in [5, 5.41) is 14.6. The molecule has 1 rings (SSSR count). The van der Waals surface area contributed by atoms with Gasteiger partial charge in [0.2, 0.25) is 0 Å². The second-order valence-corrected chi connectivity index (χ2v) is 3.39. The van der Waals surface area contributed by atoms with E-state index in [9.17, 15) is 0 Å². The first-order valence-electron chi connectivity index (χ1n) is 3.17. The zero-order chi connectivity index (χ0) is 8.97. The highest BCUT2D eigenvalue weighted by molar-refractivity contribution is 7.10. The van der Waals surface area contributed by atoms with Crippen molar-refractivity contribution < 1.29 is 5.11 Å². The Morgan fingerprint density at radius 3 is 3.00 bits per heavy atom. The largest absolute Gasteiger partial charge is 0.396 e. The summed E-state index contributed by atoms with van der Waals surface area (Å²) < 4.78 is 0. The number of nitrogens with zero attached hydrogens (tertiary/aromatic N) is 3. The second-order valence-electron chi connectivity index (χ2n) is 2.04. The van der Waals surface area contributed by atoms with Crippen LogP contribution in [-0.2, 0) is 0 Å². The molecule has 1 N–H and O–H groups in total. The molecule has 1 aromatic rings. The van der Waals surface area contributed by atoms with E-state index in [1.54, 1.807) is 11.4 Å². The van der Waals surface area contributed by atoms with E-state index in [0.29, 0.717) is 9.90 Å². The van der Waals surface area contributed by atoms with Crippen molar-refractivity contribution in [1.82, 2.24) is 0 Å². The van der Waals surface area contributed by atoms with Crippen LogP contribution in [0.3, 0.4) is 0 Å². The molecule has 0 aliphatic carbocycles. The molecule has 1 unspecified atom stereocenters. The van der Waals surface area contributed by atoms with Crippen molar-refractivity contribution in [1.29, 1.82) is 0 Å². The topological polar surface area (TPSA) is 69.0 Å². The number of rotatable bonds is 3. The molecule has 0 aliphatic heterocycles. The van der Waals surface area contributed by atoms with Gasteiger partial charge in [-0.15, -0.1) is 11.3 Å². The Labute approximate surface area is 78.0 Å². The Bertz CT molecular complexity index is 307. The van der Waals surface area contributed by atoms with E-state index in [-0.39, 0.29) is 6.61 Å². The number of aliphatic hydroxyl groups excluding tert-OH is 1. The zero-order valence-corrected chi connectivity index (χ0v) is 7.59. The molecule has 0 fully saturated rings. The minimum Gasteiger partial charge on any atom is -0.396 e. The van der Waals surface area contributed by atoms with E-state index >= 15 is 0 Å². The lowest BCUT2D eigenvalue weighted by Crippen LogP contribution is -1.97. The average molecular weight is 204 g/mol. The normalized spacial score (nSPS) is 12.2. The van der Waals surface area contributed by atoms with Crippen LogP contribution in [0.1, 0.15) is 10.9 Å². The van der Waals surface area contributed by atoms with Crippen LogP contribution in [0.4, 0.5) is 0 Å². The number of azide groups is 1. The molecule has 64 valence electrons. The van der Waals surface area contributed by atoms with Crippen LogP contribution in [-0.4, -0.2) is 11.7 Å². The van der Waals surface area contributed by atoms with Gasteiger partial charge in [-0.2, -0.15) is 0 Å². The molecule has 1 aromatic heterocycles. The zero-order valence-electron chi connectivity index (χ0n) is 6.01. The third kappa shape index (κ3) is 1.89. The van der Waals surface area contributed by atoms with E-state index in [1.165, 1.54) is 11.3 Å². The third-order valence-corrected chi connectivity index (χ3v) is 2.77. The van der Waals surface area contributed by atoms with Crippen LogP contribution in [0.25, 0.3) is 10.4 Å². The van der Waals surface area contributed by atoms with Gasteiger partial charge in [-0.25, -0.2) is 0 Å². The summed E-state index contributed by atoms with van der Waals surface area (Å²) in [6.07, 6.45) is 0. The molecule has 0 saturated carbocycles. The molecule has 0 spiro atoms. The number of thiophene rings is 1. The smallest absolute Gasteiger partial charge is 0.0964 e. The molecule has 0 aliphatic rings. The first-order chi connectivity index (χ1) is 5.79. The molecule has 0 bridgehead atoms. The van der Waals surface area contributed by atoms with Gasteiger partial charge in [0.15, 0.2) is 0 Å². The second kappa shape index (κ2) is 4.33. The molecule has 12 heavy (non-hydrogen) atoms. The maximum atomic E-state index is 8.84. The molecule has 0 radical (unpaired) electrons. The number of halogens is 1. The van der Waals surface area contributed by atoms with Crippen molar-refractivity contribution >= 4 is 22.9 Å². The fraction of sp³-hybridized carbons (Fsp3) is 0.333. The van der Waals surface area contributed by atoms with Gasteiger partial charge in [0, 0.05) is 9.79 Å². The van der Waals surface area contributed by atoms with Crippen molar-refractivity contribution in [3.63, 3.8) is 0 Å². The maximum absolute atomic E-state index is 8.84. The van der Waals surface area contributed by atoms with Crippen LogP contribution in [0.15, 0.2) is 16.6 Å². The maximum Gasteiger partial charge on any atom is 0.0964 e. The highest BCUT2D eigenvalue weighted by atomic mass is 35.5. The van der Waals surface area contributed by atoms with E-state index in [0.717, 1.165) is 0 Å². The molecule has 0 aromatic carbocycles. The molecule has 0 amide bonds. The monoisotopic (exact) mass is 203 g/mol. The SMILES string of the molecule is [N-]=[N+]=NC(CO)c1sccc1Cl. The summed E-state index contributed by atoms with van der Waals surface area (Å²) in [6.45, 7) is -0.218. The predicted octanol–water partition coefficient (Wildman–Crippen LogP) is 2.75. The summed E-state index contributed by atoms with van der Waals surface area (Å²) in [4.78, 5) is 3.32. The van der Waals surface area contributed by atoms with Crippen LogP contribution in [0.5, 0.6) is 0 Å². The van der Waals surface area contributed by atoms with E-state index < -0.39 is 6.04 Å². The summed E-state index contributed by atoms with van der Waals surface area (Å²) in [6, 6.07) is 1.15. The first kappa shape index (κ1) is 9.35. The van der Waals surface area contributed by atoms with Crippen molar-refractivity contribution in [3.8, 4) is 0 Å². The van der Waals surface area contributed by atoms with E-state index in [2.05, 4.69) is 10.0 Å². The average Bonchev–Trinajstić information content (AvgIpc) is 2.47. The third-order valence-electron chi connectivity index (χ3n) is 1.31. The van der Waals surface area contributed by atoms with Gasteiger partial charge in [-0.3, -0.25) is 0 Å². The number of hydrogen-bond acceptors (Lipinski definition) is 3. The summed E-state index contributed by atoms with van der Waals surface area (Å²) >= 11 is 7.13. The lowest BCUT2D eigenvalue weighted by Gasteiger charge is -2.03. The Balaban J connectivity index is 2.93. The fourth-order valence-electron chi connectivity index (χ4n) is 0.777. The van der Waals surface area contributed by atoms with Crippen molar-refractivity contribution in [2.45, 2.75) is 6.04 Å². The lowest BCUT2D eigenvalue weighted by atomic mass is 10.3. The van der Waals surface area contributed by atoms with Gasteiger partial charge in [0.25, 0.3) is 0 Å². The number of hydrogen-bond donors (Lipinski definition) is 1. The van der Waals surface area contributed by atoms with Gasteiger partial charge in [0.1, 0.15) is 0 Å². The quantitative estimate of drug-likeness (QED) is 0.458. The van der Waals surface area contributed by atoms with Gasteiger partial charge in [-0.1, -0.05) is 16.7 Å². The summed E-state index contributed by atoms with van der Waals surface area (Å²) in [5.74, 6) is 0. The van der Waals surface area contributed by atoms with E-state index in [4.69, 9.17) is 22.2 Å². The molecular formula is C6H6ClN3OS. The van der Waals surface area contributed by atoms with Crippen LogP contribution in [0.2, 0.25) is 5.02 Å². The first-order valence-corrected chi connectivity index (χ1v) is 4.43. The predicted molar refractivity (Wildman–Crippen MR) is 48.3 cm³/mol. The van der Waals surface area contributed by atoms with Gasteiger partial charge < -0.3 is 5.11 Å². The minimum absolute atomic E-state index is 0.218. The number of aliphatic hydroxyl groups is 1. The highest BCUT2D eigenvalue weighted by Crippen LogP contribution is 2.30. The Morgan fingerprint density at radius 1 is 1.83 bits per heavy atom. The van der Waals surface area contributed by atoms with Crippen molar-refractivity contribution in [2.75, 3.05) is 6.61 Å². The fourth-order valence-corrected chi connectivity index (χ4v) is 1.98. The molecule has 1 atom stereocenters. The van der Waals surface area contributed by atoms with Gasteiger partial charge in [-0.05, 0) is 17.0 Å². The minimum atomic E-state index is -0.553. The standard InChI is InChI=1S/C6H6ClN3OS/c7-4-1-2-12-6(4)5(3-11)9-10-8/h1-2,5,11H,3H2. The molecular weight excluding hydrogens is 198 g/mol. The molecule has 6 heteroatoms. The Kier molecular flexibility index (Phi) is 3.37. The Morgan fingerprint density at radius 2 is 2.58 bits per heavy atom. The van der Waals surface area contributed by atoms with Crippen LogP contribution >= 0.6 is 22.9 Å². The van der Waals surface area contributed by atoms with Crippen molar-refractivity contribution in [3.05, 3.63) is 31.8 Å².